The van der Waals surface area contributed by atoms with Crippen molar-refractivity contribution in [3.8, 4) is 5.69 Å². The smallest absolute Gasteiger partial charge is 0.261 e. The molecule has 0 spiro atoms. The van der Waals surface area contributed by atoms with Crippen LogP contribution in [0.25, 0.3) is 16.7 Å². The van der Waals surface area contributed by atoms with Crippen LogP contribution in [0.1, 0.15) is 10.4 Å². The quantitative estimate of drug-likeness (QED) is 0.583. The van der Waals surface area contributed by atoms with E-state index in [1.807, 2.05) is 0 Å². The van der Waals surface area contributed by atoms with Crippen molar-refractivity contribution in [2.24, 2.45) is 0 Å². The van der Waals surface area contributed by atoms with Crippen LogP contribution in [0.3, 0.4) is 0 Å². The number of nitrogens with zero attached hydrogens (tertiary/aromatic N) is 3. The lowest BCUT2D eigenvalue weighted by atomic mass is 10.2. The topological polar surface area (TPSA) is 92.7 Å². The summed E-state index contributed by atoms with van der Waals surface area (Å²) in [5.41, 5.74) is 2.10. The summed E-state index contributed by atoms with van der Waals surface area (Å²) in [6.07, 6.45) is 2.81. The molecule has 1 amide bonds. The van der Waals surface area contributed by atoms with Crippen molar-refractivity contribution >= 4 is 34.2 Å². The zero-order valence-electron chi connectivity index (χ0n) is 13.3. The molecule has 0 unspecified atom stereocenters. The number of carbonyl (C=O) groups is 1. The van der Waals surface area contributed by atoms with Crippen LogP contribution in [0.4, 0.5) is 5.69 Å². The Hall–Kier alpha value is -3.45. The van der Waals surface area contributed by atoms with E-state index in [1.54, 1.807) is 53.2 Å². The third-order valence-corrected chi connectivity index (χ3v) is 4.10. The van der Waals surface area contributed by atoms with Gasteiger partial charge in [0, 0.05) is 16.3 Å². The summed E-state index contributed by atoms with van der Waals surface area (Å²) >= 11 is 5.83. The number of rotatable bonds is 3. The van der Waals surface area contributed by atoms with E-state index in [-0.39, 0.29) is 11.5 Å². The molecule has 7 nitrogen and oxygen atoms in total. The maximum Gasteiger partial charge on any atom is 0.261 e. The van der Waals surface area contributed by atoms with Gasteiger partial charge in [-0.15, -0.1) is 0 Å². The van der Waals surface area contributed by atoms with Gasteiger partial charge in [0.05, 0.1) is 18.2 Å². The van der Waals surface area contributed by atoms with Crippen LogP contribution in [-0.2, 0) is 0 Å². The molecule has 26 heavy (non-hydrogen) atoms. The molecule has 0 saturated heterocycles. The molecule has 128 valence electrons. The van der Waals surface area contributed by atoms with E-state index in [0.29, 0.717) is 27.3 Å². The summed E-state index contributed by atoms with van der Waals surface area (Å²) in [6, 6.07) is 13.7. The second-order valence-electron chi connectivity index (χ2n) is 5.53. The Balaban J connectivity index is 1.58. The number of aromatic amines is 1. The van der Waals surface area contributed by atoms with Gasteiger partial charge in [-0.3, -0.25) is 9.59 Å². The SMILES string of the molecule is O=C(Nc1ccc(-n2ncc3c(=O)[nH]cnc32)cc1)c1ccc(Cl)cc1. The molecule has 0 aliphatic carbocycles. The van der Waals surface area contributed by atoms with Crippen molar-refractivity contribution in [3.05, 3.63) is 82.0 Å². The van der Waals surface area contributed by atoms with Crippen molar-refractivity contribution in [3.63, 3.8) is 0 Å². The Bertz CT molecular complexity index is 1150. The highest BCUT2D eigenvalue weighted by atomic mass is 35.5. The Labute approximate surface area is 152 Å². The first kappa shape index (κ1) is 16.0. The second-order valence-corrected chi connectivity index (χ2v) is 5.97. The highest BCUT2D eigenvalue weighted by Crippen LogP contribution is 2.17. The van der Waals surface area contributed by atoms with Gasteiger partial charge in [-0.05, 0) is 48.5 Å². The van der Waals surface area contributed by atoms with Crippen LogP contribution in [-0.4, -0.2) is 25.7 Å². The summed E-state index contributed by atoms with van der Waals surface area (Å²) in [7, 11) is 0. The number of nitrogens with one attached hydrogen (secondary N) is 2. The number of halogens is 1. The normalized spacial score (nSPS) is 10.8. The van der Waals surface area contributed by atoms with Gasteiger partial charge in [0.15, 0.2) is 5.65 Å². The number of amides is 1. The maximum absolute atomic E-state index is 12.2. The highest BCUT2D eigenvalue weighted by molar-refractivity contribution is 6.30. The predicted molar refractivity (Wildman–Crippen MR) is 98.9 cm³/mol. The summed E-state index contributed by atoms with van der Waals surface area (Å²) in [5.74, 6) is -0.229. The lowest BCUT2D eigenvalue weighted by molar-refractivity contribution is 0.102. The predicted octanol–water partition coefficient (Wildman–Crippen LogP) is 3.01. The molecule has 0 aliphatic heterocycles. The second kappa shape index (κ2) is 6.45. The molecule has 0 fully saturated rings. The van der Waals surface area contributed by atoms with E-state index in [1.165, 1.54) is 12.5 Å². The van der Waals surface area contributed by atoms with E-state index < -0.39 is 0 Å². The zero-order chi connectivity index (χ0) is 18.1. The third kappa shape index (κ3) is 2.96. The molecular formula is C18H12ClN5O2. The average molecular weight is 366 g/mol. The van der Waals surface area contributed by atoms with Crippen molar-refractivity contribution in [1.29, 1.82) is 0 Å². The van der Waals surface area contributed by atoms with E-state index in [9.17, 15) is 9.59 Å². The van der Waals surface area contributed by atoms with E-state index in [4.69, 9.17) is 11.6 Å². The number of carbonyl (C=O) groups excluding carboxylic acids is 1. The van der Waals surface area contributed by atoms with Crippen molar-refractivity contribution in [2.45, 2.75) is 0 Å². The van der Waals surface area contributed by atoms with Crippen molar-refractivity contribution in [2.75, 3.05) is 5.32 Å². The van der Waals surface area contributed by atoms with E-state index in [2.05, 4.69) is 20.4 Å². The fourth-order valence-corrected chi connectivity index (χ4v) is 2.66. The molecule has 4 rings (SSSR count). The first-order chi connectivity index (χ1) is 12.6. The molecule has 0 saturated carbocycles. The molecule has 8 heteroatoms. The number of benzene rings is 2. The molecule has 0 atom stereocenters. The van der Waals surface area contributed by atoms with Gasteiger partial charge in [0.1, 0.15) is 5.39 Å². The van der Waals surface area contributed by atoms with E-state index in [0.717, 1.165) is 5.69 Å². The Morgan fingerprint density at radius 3 is 2.54 bits per heavy atom. The standard InChI is InChI=1S/C18H12ClN5O2/c19-12-3-1-11(2-4-12)17(25)23-13-5-7-14(8-6-13)24-16-15(9-22-24)18(26)21-10-20-16/h1-10H,(H,23,25)(H,20,21,26). The Morgan fingerprint density at radius 2 is 1.81 bits per heavy atom. The number of H-pyrrole nitrogens is 1. The average Bonchev–Trinajstić information content (AvgIpc) is 3.08. The molecule has 2 heterocycles. The van der Waals surface area contributed by atoms with Gasteiger partial charge >= 0.3 is 0 Å². The van der Waals surface area contributed by atoms with Crippen LogP contribution in [0, 0.1) is 0 Å². The van der Waals surface area contributed by atoms with Crippen molar-refractivity contribution in [1.82, 2.24) is 19.7 Å². The summed E-state index contributed by atoms with van der Waals surface area (Å²) < 4.78 is 1.56. The fourth-order valence-electron chi connectivity index (χ4n) is 2.54. The minimum absolute atomic E-state index is 0.229. The summed E-state index contributed by atoms with van der Waals surface area (Å²) in [6.45, 7) is 0. The first-order valence-corrected chi connectivity index (χ1v) is 8.08. The maximum atomic E-state index is 12.2. The first-order valence-electron chi connectivity index (χ1n) is 7.70. The van der Waals surface area contributed by atoms with Crippen LogP contribution in [0.2, 0.25) is 5.02 Å². The molecule has 2 aromatic carbocycles. The third-order valence-electron chi connectivity index (χ3n) is 3.85. The summed E-state index contributed by atoms with van der Waals surface area (Å²) in [5, 5.41) is 8.01. The zero-order valence-corrected chi connectivity index (χ0v) is 14.1. The van der Waals surface area contributed by atoms with Crippen molar-refractivity contribution < 1.29 is 4.79 Å². The van der Waals surface area contributed by atoms with Gasteiger partial charge in [-0.25, -0.2) is 9.67 Å². The largest absolute Gasteiger partial charge is 0.322 e. The lowest BCUT2D eigenvalue weighted by Gasteiger charge is -2.07. The molecule has 0 radical (unpaired) electrons. The number of fused-ring (bicyclic) bond motifs is 1. The number of hydrogen-bond acceptors (Lipinski definition) is 4. The van der Waals surface area contributed by atoms with Crippen LogP contribution in [0.15, 0.2) is 65.8 Å². The minimum Gasteiger partial charge on any atom is -0.322 e. The minimum atomic E-state index is -0.243. The monoisotopic (exact) mass is 365 g/mol. The van der Waals surface area contributed by atoms with E-state index >= 15 is 0 Å². The number of anilines is 1. The lowest BCUT2D eigenvalue weighted by Crippen LogP contribution is -2.11. The Morgan fingerprint density at radius 1 is 1.08 bits per heavy atom. The molecule has 2 aromatic heterocycles. The highest BCUT2D eigenvalue weighted by Gasteiger charge is 2.10. The molecule has 2 N–H and O–H groups in total. The number of aromatic nitrogens is 4. The molecule has 0 bridgehead atoms. The Kier molecular flexibility index (Phi) is 3.98. The number of hydrogen-bond donors (Lipinski definition) is 2. The van der Waals surface area contributed by atoms with Gasteiger partial charge in [-0.2, -0.15) is 5.10 Å². The molecule has 0 aliphatic rings. The summed E-state index contributed by atoms with van der Waals surface area (Å²) in [4.78, 5) is 30.7. The van der Waals surface area contributed by atoms with Gasteiger partial charge in [-0.1, -0.05) is 11.6 Å². The van der Waals surface area contributed by atoms with Crippen LogP contribution < -0.4 is 10.9 Å². The van der Waals surface area contributed by atoms with Crippen LogP contribution in [0.5, 0.6) is 0 Å². The van der Waals surface area contributed by atoms with Crippen LogP contribution >= 0.6 is 11.6 Å². The van der Waals surface area contributed by atoms with Gasteiger partial charge < -0.3 is 10.3 Å². The molecule has 4 aromatic rings. The molecular weight excluding hydrogens is 354 g/mol. The van der Waals surface area contributed by atoms with Gasteiger partial charge in [0.25, 0.3) is 11.5 Å². The fraction of sp³-hybridized carbons (Fsp3) is 0. The van der Waals surface area contributed by atoms with Gasteiger partial charge in [0.2, 0.25) is 0 Å².